The van der Waals surface area contributed by atoms with Crippen molar-refractivity contribution in [2.75, 3.05) is 18.1 Å². The van der Waals surface area contributed by atoms with Crippen LogP contribution in [-0.4, -0.2) is 43.5 Å². The maximum atomic E-state index is 11.4. The molecule has 0 saturated carbocycles. The first kappa shape index (κ1) is 15.6. The molecule has 0 spiro atoms. The monoisotopic (exact) mass is 263 g/mol. The van der Waals surface area contributed by atoms with Crippen LogP contribution in [0.3, 0.4) is 0 Å². The second-order valence-corrected chi connectivity index (χ2v) is 6.02. The average molecular weight is 263 g/mol. The molecular weight excluding hydrogens is 246 g/mol. The third-order valence-electron chi connectivity index (χ3n) is 2.36. The van der Waals surface area contributed by atoms with Crippen LogP contribution in [0.25, 0.3) is 0 Å². The molecule has 0 atom stereocenters. The van der Waals surface area contributed by atoms with Crippen LogP contribution in [0.15, 0.2) is 11.1 Å². The van der Waals surface area contributed by atoms with Crippen molar-refractivity contribution in [3.63, 3.8) is 0 Å². The minimum atomic E-state index is -3.12. The maximum Gasteiger partial charge on any atom is 0.331 e. The first-order chi connectivity index (χ1) is 7.71. The van der Waals surface area contributed by atoms with E-state index in [9.17, 15) is 18.0 Å². The third kappa shape index (κ3) is 5.48. The Morgan fingerprint density at radius 1 is 1.18 bits per heavy atom. The molecule has 1 amide bonds. The van der Waals surface area contributed by atoms with Crippen molar-refractivity contribution >= 4 is 21.7 Å². The summed E-state index contributed by atoms with van der Waals surface area (Å²) in [5.74, 6) is -1.85. The van der Waals surface area contributed by atoms with E-state index in [1.54, 1.807) is 0 Å². The topological polar surface area (TPSA) is 101 Å². The van der Waals surface area contributed by atoms with Crippen LogP contribution in [0.1, 0.15) is 20.8 Å². The molecule has 0 aliphatic heterocycles. The number of amides is 1. The fraction of sp³-hybridized carbons (Fsp3) is 0.600. The molecule has 0 aromatic carbocycles. The fourth-order valence-corrected chi connectivity index (χ4v) is 1.63. The number of nitrogens with one attached hydrogen (secondary N) is 1. The molecular formula is C10H17NO5S. The van der Waals surface area contributed by atoms with E-state index < -0.39 is 21.7 Å². The van der Waals surface area contributed by atoms with E-state index in [2.05, 4.69) is 5.32 Å². The summed E-state index contributed by atoms with van der Waals surface area (Å²) in [6.45, 7) is 4.21. The van der Waals surface area contributed by atoms with Gasteiger partial charge in [-0.15, -0.1) is 0 Å². The molecule has 0 bridgehead atoms. The largest absolute Gasteiger partial charge is 0.478 e. The van der Waals surface area contributed by atoms with Gasteiger partial charge in [0, 0.05) is 23.4 Å². The van der Waals surface area contributed by atoms with Gasteiger partial charge in [-0.3, -0.25) is 4.79 Å². The molecule has 0 rings (SSSR count). The van der Waals surface area contributed by atoms with Crippen LogP contribution in [0.2, 0.25) is 0 Å². The Kier molecular flexibility index (Phi) is 5.87. The Morgan fingerprint density at radius 3 is 2.12 bits per heavy atom. The molecule has 0 aliphatic rings. The molecule has 0 aromatic heterocycles. The molecule has 0 heterocycles. The molecule has 0 radical (unpaired) electrons. The van der Waals surface area contributed by atoms with Gasteiger partial charge < -0.3 is 10.4 Å². The number of carboxylic acids is 1. The number of sulfone groups is 1. The number of carbonyl (C=O) groups is 2. The summed E-state index contributed by atoms with van der Waals surface area (Å²) in [6, 6.07) is 0. The van der Waals surface area contributed by atoms with Gasteiger partial charge in [0.25, 0.3) is 0 Å². The lowest BCUT2D eigenvalue weighted by Crippen LogP contribution is -2.30. The van der Waals surface area contributed by atoms with E-state index in [1.165, 1.54) is 20.8 Å². The van der Waals surface area contributed by atoms with Crippen molar-refractivity contribution in [2.24, 2.45) is 0 Å². The zero-order valence-electron chi connectivity index (χ0n) is 10.1. The predicted molar refractivity (Wildman–Crippen MR) is 63.3 cm³/mol. The molecule has 0 aliphatic carbocycles. The van der Waals surface area contributed by atoms with Crippen LogP contribution in [0, 0.1) is 0 Å². The van der Waals surface area contributed by atoms with Gasteiger partial charge in [-0.2, -0.15) is 0 Å². The van der Waals surface area contributed by atoms with Crippen LogP contribution in [0.4, 0.5) is 0 Å². The van der Waals surface area contributed by atoms with E-state index in [0.29, 0.717) is 0 Å². The highest BCUT2D eigenvalue weighted by Crippen LogP contribution is 2.03. The summed E-state index contributed by atoms with van der Waals surface area (Å²) in [7, 11) is -3.12. The van der Waals surface area contributed by atoms with Gasteiger partial charge in [-0.05, 0) is 13.8 Å². The van der Waals surface area contributed by atoms with Gasteiger partial charge >= 0.3 is 5.97 Å². The number of aliphatic carboxylic acids is 1. The standard InChI is InChI=1S/C10H17NO5S/c1-4-17(15,16)6-5-11-9(12)7(2)8(3)10(13)14/h4-6H2,1-3H3,(H,11,12)(H,13,14). The molecule has 7 heteroatoms. The Bertz CT molecular complexity index is 436. The van der Waals surface area contributed by atoms with E-state index in [0.717, 1.165) is 0 Å². The highest BCUT2D eigenvalue weighted by Gasteiger charge is 2.13. The van der Waals surface area contributed by atoms with Crippen molar-refractivity contribution < 1.29 is 23.1 Å². The summed E-state index contributed by atoms with van der Waals surface area (Å²) in [5, 5.41) is 11.0. The lowest BCUT2D eigenvalue weighted by atomic mass is 10.1. The summed E-state index contributed by atoms with van der Waals surface area (Å²) < 4.78 is 22.3. The Morgan fingerprint density at radius 2 is 1.71 bits per heavy atom. The number of rotatable bonds is 6. The molecule has 17 heavy (non-hydrogen) atoms. The number of hydrogen-bond acceptors (Lipinski definition) is 4. The highest BCUT2D eigenvalue weighted by atomic mass is 32.2. The quantitative estimate of drug-likeness (QED) is 0.655. The number of carboxylic acid groups (broad SMARTS) is 1. The van der Waals surface area contributed by atoms with E-state index in [1.807, 2.05) is 0 Å². The van der Waals surface area contributed by atoms with Crippen LogP contribution < -0.4 is 5.32 Å². The van der Waals surface area contributed by atoms with E-state index in [-0.39, 0.29) is 29.2 Å². The fourth-order valence-electron chi connectivity index (χ4n) is 0.928. The summed E-state index contributed by atoms with van der Waals surface area (Å²) >= 11 is 0. The summed E-state index contributed by atoms with van der Waals surface area (Å²) in [4.78, 5) is 22.0. The Hall–Kier alpha value is -1.37. The molecule has 6 nitrogen and oxygen atoms in total. The molecule has 0 saturated heterocycles. The van der Waals surface area contributed by atoms with Crippen molar-refractivity contribution in [2.45, 2.75) is 20.8 Å². The van der Waals surface area contributed by atoms with Crippen molar-refractivity contribution in [1.82, 2.24) is 5.32 Å². The first-order valence-corrected chi connectivity index (χ1v) is 6.92. The number of hydrogen-bond donors (Lipinski definition) is 2. The smallest absolute Gasteiger partial charge is 0.331 e. The SMILES string of the molecule is CCS(=O)(=O)CCNC(=O)C(C)=C(C)C(=O)O. The van der Waals surface area contributed by atoms with Gasteiger partial charge in [-0.1, -0.05) is 6.92 Å². The second-order valence-electron chi connectivity index (χ2n) is 3.55. The molecule has 0 fully saturated rings. The number of carbonyl (C=O) groups excluding carboxylic acids is 1. The highest BCUT2D eigenvalue weighted by molar-refractivity contribution is 7.91. The van der Waals surface area contributed by atoms with Crippen molar-refractivity contribution in [1.29, 1.82) is 0 Å². The maximum absolute atomic E-state index is 11.4. The minimum absolute atomic E-state index is 0.0146. The first-order valence-electron chi connectivity index (χ1n) is 5.10. The van der Waals surface area contributed by atoms with Crippen molar-refractivity contribution in [3.8, 4) is 0 Å². The Labute approximate surface area is 101 Å². The average Bonchev–Trinajstić information content (AvgIpc) is 2.26. The lowest BCUT2D eigenvalue weighted by molar-refractivity contribution is -0.133. The van der Waals surface area contributed by atoms with E-state index in [4.69, 9.17) is 5.11 Å². The molecule has 0 unspecified atom stereocenters. The molecule has 2 N–H and O–H groups in total. The molecule has 0 aromatic rings. The van der Waals surface area contributed by atoms with Gasteiger partial charge in [0.1, 0.15) is 0 Å². The van der Waals surface area contributed by atoms with E-state index >= 15 is 0 Å². The van der Waals surface area contributed by atoms with Crippen molar-refractivity contribution in [3.05, 3.63) is 11.1 Å². The Balaban J connectivity index is 4.40. The van der Waals surface area contributed by atoms with Gasteiger partial charge in [0.05, 0.1) is 5.75 Å². The van der Waals surface area contributed by atoms with Crippen LogP contribution >= 0.6 is 0 Å². The van der Waals surface area contributed by atoms with Gasteiger partial charge in [-0.25, -0.2) is 13.2 Å². The van der Waals surface area contributed by atoms with Gasteiger partial charge in [0.2, 0.25) is 5.91 Å². The third-order valence-corrected chi connectivity index (χ3v) is 4.07. The summed E-state index contributed by atoms with van der Waals surface area (Å²) in [6.07, 6.45) is 0. The minimum Gasteiger partial charge on any atom is -0.478 e. The normalized spacial score (nSPS) is 12.9. The van der Waals surface area contributed by atoms with Crippen LogP contribution in [-0.2, 0) is 19.4 Å². The second kappa shape index (κ2) is 6.39. The van der Waals surface area contributed by atoms with Crippen LogP contribution in [0.5, 0.6) is 0 Å². The predicted octanol–water partition coefficient (Wildman–Crippen LogP) is -0.0417. The van der Waals surface area contributed by atoms with Gasteiger partial charge in [0.15, 0.2) is 9.84 Å². The zero-order chi connectivity index (χ0) is 13.6. The lowest BCUT2D eigenvalue weighted by Gasteiger charge is -2.06. The molecule has 98 valence electrons. The summed E-state index contributed by atoms with van der Waals surface area (Å²) in [5.41, 5.74) is 0.0206. The zero-order valence-corrected chi connectivity index (χ0v) is 10.9.